The summed E-state index contributed by atoms with van der Waals surface area (Å²) in [5.74, 6) is 0.491. The molecule has 0 bridgehead atoms. The molecule has 0 heterocycles. The fourth-order valence-electron chi connectivity index (χ4n) is 0.694. The smallest absolute Gasteiger partial charge is 0.298 e. The Bertz CT molecular complexity index is 213. The molecule has 0 rings (SSSR count). The van der Waals surface area contributed by atoms with Crippen molar-refractivity contribution < 1.29 is 4.74 Å². The van der Waals surface area contributed by atoms with Gasteiger partial charge >= 0.3 is 0 Å². The molecule has 0 aromatic rings. The summed E-state index contributed by atoms with van der Waals surface area (Å²) in [6.45, 7) is 8.61. The second kappa shape index (κ2) is 5.32. The molecular weight excluding hydrogens is 140 g/mol. The van der Waals surface area contributed by atoms with E-state index in [1.54, 1.807) is 6.07 Å². The molecule has 0 fully saturated rings. The van der Waals surface area contributed by atoms with E-state index in [2.05, 4.69) is 4.85 Å². The average Bonchev–Trinajstić information content (AvgIpc) is 2.05. The van der Waals surface area contributed by atoms with E-state index in [9.17, 15) is 0 Å². The maximum atomic E-state index is 8.45. The third-order valence-electron chi connectivity index (χ3n) is 1.21. The Morgan fingerprint density at radius 3 is 2.64 bits per heavy atom. The first-order chi connectivity index (χ1) is 5.29. The summed E-state index contributed by atoms with van der Waals surface area (Å²) in [5, 5.41) is 8.45. The molecule has 0 aromatic carbocycles. The normalized spacial score (nSPS) is 10.9. The van der Waals surface area contributed by atoms with Crippen LogP contribution in [0.25, 0.3) is 4.85 Å². The van der Waals surface area contributed by atoms with Crippen molar-refractivity contribution in [2.75, 3.05) is 7.11 Å². The molecule has 0 aliphatic rings. The number of hydrogen-bond acceptors (Lipinski definition) is 2. The van der Waals surface area contributed by atoms with Crippen molar-refractivity contribution in [2.45, 2.75) is 19.8 Å². The Hall–Kier alpha value is -1.48. The van der Waals surface area contributed by atoms with Gasteiger partial charge in [0.1, 0.15) is 5.76 Å². The van der Waals surface area contributed by atoms with Crippen molar-refractivity contribution in [3.05, 3.63) is 22.9 Å². The van der Waals surface area contributed by atoms with Crippen LogP contribution in [-0.4, -0.2) is 7.11 Å². The lowest BCUT2D eigenvalue weighted by Crippen LogP contribution is -1.89. The summed E-state index contributed by atoms with van der Waals surface area (Å²) < 4.78 is 4.88. The third-order valence-corrected chi connectivity index (χ3v) is 1.21. The third kappa shape index (κ3) is 2.73. The Kier molecular flexibility index (Phi) is 4.60. The van der Waals surface area contributed by atoms with E-state index in [-0.39, 0.29) is 5.70 Å². The van der Waals surface area contributed by atoms with Gasteiger partial charge in [0, 0.05) is 0 Å². The second-order valence-electron chi connectivity index (χ2n) is 1.95. The van der Waals surface area contributed by atoms with Crippen LogP contribution in [0.4, 0.5) is 0 Å². The van der Waals surface area contributed by atoms with Gasteiger partial charge in [0.15, 0.2) is 0 Å². The SMILES string of the molecule is [C-]#[N+]/C(C#N)=C(\CCC)OC. The molecule has 0 amide bonds. The van der Waals surface area contributed by atoms with E-state index in [0.29, 0.717) is 12.2 Å². The van der Waals surface area contributed by atoms with Crippen molar-refractivity contribution in [2.24, 2.45) is 0 Å². The quantitative estimate of drug-likeness (QED) is 0.351. The topological polar surface area (TPSA) is 37.4 Å². The van der Waals surface area contributed by atoms with Gasteiger partial charge in [-0.1, -0.05) is 13.3 Å². The molecule has 0 unspecified atom stereocenters. The van der Waals surface area contributed by atoms with Crippen LogP contribution in [0, 0.1) is 17.9 Å². The monoisotopic (exact) mass is 150 g/mol. The van der Waals surface area contributed by atoms with Crippen LogP contribution in [0.15, 0.2) is 11.5 Å². The van der Waals surface area contributed by atoms with Gasteiger partial charge in [-0.15, -0.1) is 0 Å². The molecule has 0 aliphatic carbocycles. The van der Waals surface area contributed by atoms with Gasteiger partial charge < -0.3 is 4.74 Å². The minimum atomic E-state index is 0.0642. The number of ether oxygens (including phenoxy) is 1. The van der Waals surface area contributed by atoms with Gasteiger partial charge in [-0.25, -0.2) is 10.1 Å². The van der Waals surface area contributed by atoms with E-state index in [1.807, 2.05) is 6.92 Å². The van der Waals surface area contributed by atoms with Gasteiger partial charge in [-0.3, -0.25) is 0 Å². The standard InChI is InChI=1S/C8H10N2O/c1-4-5-8(11-3)7(6-9)10-2/h4-5H2,1,3H3/b8-7+. The number of nitriles is 1. The first-order valence-corrected chi connectivity index (χ1v) is 3.34. The second-order valence-corrected chi connectivity index (χ2v) is 1.95. The first kappa shape index (κ1) is 9.52. The zero-order valence-electron chi connectivity index (χ0n) is 6.72. The molecule has 0 saturated carbocycles. The summed E-state index contributed by atoms with van der Waals surface area (Å²) in [7, 11) is 1.48. The van der Waals surface area contributed by atoms with Crippen molar-refractivity contribution in [3.63, 3.8) is 0 Å². The fourth-order valence-corrected chi connectivity index (χ4v) is 0.694. The lowest BCUT2D eigenvalue weighted by molar-refractivity contribution is 0.274. The average molecular weight is 150 g/mol. The van der Waals surface area contributed by atoms with Crippen LogP contribution in [0.2, 0.25) is 0 Å². The molecule has 11 heavy (non-hydrogen) atoms. The zero-order chi connectivity index (χ0) is 8.69. The fraction of sp³-hybridized carbons (Fsp3) is 0.500. The highest BCUT2D eigenvalue weighted by Gasteiger charge is 2.04. The highest BCUT2D eigenvalue weighted by molar-refractivity contribution is 5.30. The molecule has 0 N–H and O–H groups in total. The van der Waals surface area contributed by atoms with E-state index >= 15 is 0 Å². The van der Waals surface area contributed by atoms with Crippen LogP contribution < -0.4 is 0 Å². The first-order valence-electron chi connectivity index (χ1n) is 3.34. The molecule has 3 heteroatoms. The summed E-state index contributed by atoms with van der Waals surface area (Å²) in [6, 6.07) is 1.79. The van der Waals surface area contributed by atoms with Gasteiger partial charge in [-0.2, -0.15) is 0 Å². The zero-order valence-corrected chi connectivity index (χ0v) is 6.72. The number of rotatable bonds is 3. The summed E-state index contributed by atoms with van der Waals surface area (Å²) in [5.41, 5.74) is 0.0642. The lowest BCUT2D eigenvalue weighted by Gasteiger charge is -2.02. The molecule has 0 aromatic heterocycles. The van der Waals surface area contributed by atoms with E-state index in [1.165, 1.54) is 7.11 Å². The predicted octanol–water partition coefficient (Wildman–Crippen LogP) is 2.09. The van der Waals surface area contributed by atoms with Crippen molar-refractivity contribution in [3.8, 4) is 6.07 Å². The molecular formula is C8H10N2O. The molecule has 58 valence electrons. The maximum absolute atomic E-state index is 8.45. The van der Waals surface area contributed by atoms with E-state index in [4.69, 9.17) is 16.6 Å². The number of methoxy groups -OCH3 is 1. The van der Waals surface area contributed by atoms with E-state index < -0.39 is 0 Å². The van der Waals surface area contributed by atoms with Crippen molar-refractivity contribution >= 4 is 0 Å². The minimum Gasteiger partial charge on any atom is -0.511 e. The molecule has 0 spiro atoms. The molecule has 0 atom stereocenters. The number of hydrogen-bond donors (Lipinski definition) is 0. The largest absolute Gasteiger partial charge is 0.511 e. The molecule has 0 saturated heterocycles. The highest BCUT2D eigenvalue weighted by atomic mass is 16.5. The summed E-state index contributed by atoms with van der Waals surface area (Å²) >= 11 is 0. The van der Waals surface area contributed by atoms with Gasteiger partial charge in [0.25, 0.3) is 5.70 Å². The predicted molar refractivity (Wildman–Crippen MR) is 41.2 cm³/mol. The van der Waals surface area contributed by atoms with Crippen molar-refractivity contribution in [1.29, 1.82) is 5.26 Å². The Morgan fingerprint density at radius 1 is 1.73 bits per heavy atom. The van der Waals surface area contributed by atoms with Gasteiger partial charge in [0.05, 0.1) is 19.8 Å². The Balaban J connectivity index is 4.55. The summed E-state index contributed by atoms with van der Waals surface area (Å²) in [6.07, 6.45) is 1.53. The highest BCUT2D eigenvalue weighted by Crippen LogP contribution is 2.11. The van der Waals surface area contributed by atoms with Crippen molar-refractivity contribution in [1.82, 2.24) is 0 Å². The van der Waals surface area contributed by atoms with E-state index in [0.717, 1.165) is 6.42 Å². The lowest BCUT2D eigenvalue weighted by atomic mass is 10.2. The minimum absolute atomic E-state index is 0.0642. The molecule has 0 aliphatic heterocycles. The van der Waals surface area contributed by atoms with Gasteiger partial charge in [-0.05, 0) is 6.42 Å². The van der Waals surface area contributed by atoms with Crippen LogP contribution >= 0.6 is 0 Å². The van der Waals surface area contributed by atoms with Crippen LogP contribution in [0.1, 0.15) is 19.8 Å². The molecule has 3 nitrogen and oxygen atoms in total. The van der Waals surface area contributed by atoms with Crippen LogP contribution in [0.3, 0.4) is 0 Å². The molecule has 0 radical (unpaired) electrons. The number of nitrogens with zero attached hydrogens (tertiary/aromatic N) is 2. The number of allylic oxidation sites excluding steroid dienone is 2. The Morgan fingerprint density at radius 2 is 2.36 bits per heavy atom. The summed E-state index contributed by atoms with van der Waals surface area (Å²) in [4.78, 5) is 3.04. The van der Waals surface area contributed by atoms with Gasteiger partial charge in [0.2, 0.25) is 0 Å². The van der Waals surface area contributed by atoms with Crippen LogP contribution in [0.5, 0.6) is 0 Å². The Labute approximate surface area is 66.7 Å². The maximum Gasteiger partial charge on any atom is 0.298 e. The van der Waals surface area contributed by atoms with Crippen LogP contribution in [-0.2, 0) is 4.74 Å².